The van der Waals surface area contributed by atoms with Gasteiger partial charge in [-0.15, -0.1) is 0 Å². The third-order valence-electron chi connectivity index (χ3n) is 5.11. The maximum atomic E-state index is 13.5. The summed E-state index contributed by atoms with van der Waals surface area (Å²) in [5, 5.41) is 0.333. The molecule has 0 bridgehead atoms. The van der Waals surface area contributed by atoms with Crippen molar-refractivity contribution in [2.45, 2.75) is 24.3 Å². The van der Waals surface area contributed by atoms with Crippen LogP contribution in [-0.2, 0) is 4.79 Å². The third kappa shape index (κ3) is 4.29. The molecule has 3 aromatic carbocycles. The molecule has 1 amide bonds. The molecule has 0 aliphatic rings. The molecule has 1 atom stereocenters. The van der Waals surface area contributed by atoms with Crippen LogP contribution in [0.15, 0.2) is 88.8 Å². The lowest BCUT2D eigenvalue weighted by Crippen LogP contribution is -2.37. The third-order valence-corrected chi connectivity index (χ3v) is 6.15. The van der Waals surface area contributed by atoms with Crippen LogP contribution in [0.4, 0.5) is 10.1 Å². The number of benzene rings is 3. The lowest BCUT2D eigenvalue weighted by molar-refractivity contribution is -0.117. The van der Waals surface area contributed by atoms with Crippen molar-refractivity contribution >= 4 is 34.3 Å². The number of hydrogen-bond acceptors (Lipinski definition) is 4. The first-order valence-electron chi connectivity index (χ1n) is 10.3. The van der Waals surface area contributed by atoms with Crippen molar-refractivity contribution < 1.29 is 9.18 Å². The van der Waals surface area contributed by atoms with E-state index < -0.39 is 11.1 Å². The second-order valence-corrected chi connectivity index (χ2v) is 8.51. The molecule has 5 nitrogen and oxygen atoms in total. The molecule has 32 heavy (non-hydrogen) atoms. The van der Waals surface area contributed by atoms with Gasteiger partial charge in [0.1, 0.15) is 5.82 Å². The molecule has 7 heteroatoms. The molecule has 4 rings (SSSR count). The Labute approximate surface area is 189 Å². The van der Waals surface area contributed by atoms with Crippen LogP contribution < -0.4 is 10.5 Å². The summed E-state index contributed by atoms with van der Waals surface area (Å²) in [6, 6.07) is 22.2. The van der Waals surface area contributed by atoms with Gasteiger partial charge in [0.25, 0.3) is 5.56 Å². The van der Waals surface area contributed by atoms with E-state index >= 15 is 0 Å². The Bertz CT molecular complexity index is 1310. The summed E-state index contributed by atoms with van der Waals surface area (Å²) < 4.78 is 14.9. The highest BCUT2D eigenvalue weighted by Gasteiger charge is 2.24. The van der Waals surface area contributed by atoms with E-state index in [4.69, 9.17) is 0 Å². The van der Waals surface area contributed by atoms with Crippen molar-refractivity contribution in [3.63, 3.8) is 0 Å². The van der Waals surface area contributed by atoms with Crippen molar-refractivity contribution in [3.8, 4) is 5.69 Å². The summed E-state index contributed by atoms with van der Waals surface area (Å²) in [6.45, 7) is 4.24. The van der Waals surface area contributed by atoms with E-state index in [0.29, 0.717) is 28.3 Å². The number of carbonyl (C=O) groups excluding carboxylic acids is 1. The molecule has 4 aromatic rings. The SMILES string of the molecule is CCN(C(=O)C(C)Sc1nc2ccccc2c(=O)n1-c1ccc(F)cc1)c1ccccc1. The zero-order valence-electron chi connectivity index (χ0n) is 17.7. The molecule has 162 valence electrons. The molecule has 1 aromatic heterocycles. The molecule has 1 unspecified atom stereocenters. The van der Waals surface area contributed by atoms with Crippen LogP contribution >= 0.6 is 11.8 Å². The monoisotopic (exact) mass is 447 g/mol. The molecule has 0 saturated carbocycles. The van der Waals surface area contributed by atoms with Crippen LogP contribution in [0.3, 0.4) is 0 Å². The molecule has 0 fully saturated rings. The van der Waals surface area contributed by atoms with Crippen LogP contribution in [-0.4, -0.2) is 27.3 Å². The summed E-state index contributed by atoms with van der Waals surface area (Å²) in [7, 11) is 0. The Morgan fingerprint density at radius 1 is 1.03 bits per heavy atom. The highest BCUT2D eigenvalue weighted by Crippen LogP contribution is 2.27. The molecule has 0 N–H and O–H groups in total. The second kappa shape index (κ2) is 9.36. The number of carbonyl (C=O) groups is 1. The Balaban J connectivity index is 1.76. The van der Waals surface area contributed by atoms with Crippen molar-refractivity contribution in [1.29, 1.82) is 0 Å². The lowest BCUT2D eigenvalue weighted by Gasteiger charge is -2.24. The van der Waals surface area contributed by atoms with Crippen molar-refractivity contribution in [3.05, 3.63) is 95.0 Å². The van der Waals surface area contributed by atoms with Gasteiger partial charge in [0.15, 0.2) is 5.16 Å². The smallest absolute Gasteiger partial charge is 0.266 e. The fraction of sp³-hybridized carbons (Fsp3) is 0.160. The van der Waals surface area contributed by atoms with Gasteiger partial charge in [0.05, 0.1) is 21.8 Å². The summed E-state index contributed by atoms with van der Waals surface area (Å²) >= 11 is 1.21. The van der Waals surface area contributed by atoms with E-state index in [9.17, 15) is 14.0 Å². The van der Waals surface area contributed by atoms with Gasteiger partial charge in [-0.2, -0.15) is 0 Å². The maximum Gasteiger partial charge on any atom is 0.266 e. The molecule has 0 spiro atoms. The van der Waals surface area contributed by atoms with Crippen molar-refractivity contribution in [1.82, 2.24) is 9.55 Å². The minimum Gasteiger partial charge on any atom is -0.312 e. The second-order valence-electron chi connectivity index (χ2n) is 7.21. The molecule has 1 heterocycles. The molecule has 0 aliphatic carbocycles. The maximum absolute atomic E-state index is 13.5. The predicted molar refractivity (Wildman–Crippen MR) is 127 cm³/mol. The van der Waals surface area contributed by atoms with Gasteiger partial charge in [0, 0.05) is 12.2 Å². The van der Waals surface area contributed by atoms with Gasteiger partial charge in [-0.05, 0) is 62.4 Å². The summed E-state index contributed by atoms with van der Waals surface area (Å²) in [4.78, 5) is 33.0. The van der Waals surface area contributed by atoms with E-state index in [1.807, 2.05) is 43.3 Å². The molecular formula is C25H22FN3O2S. The molecular weight excluding hydrogens is 425 g/mol. The number of halogens is 1. The number of hydrogen-bond donors (Lipinski definition) is 0. The standard InChI is InChI=1S/C25H22FN3O2S/c1-3-28(19-9-5-4-6-10-19)23(30)17(2)32-25-27-22-12-8-7-11-21(22)24(31)29(25)20-15-13-18(26)14-16-20/h4-17H,3H2,1-2H3. The Morgan fingerprint density at radius 3 is 2.38 bits per heavy atom. The normalized spacial score (nSPS) is 12.0. The van der Waals surface area contributed by atoms with Gasteiger partial charge >= 0.3 is 0 Å². The van der Waals surface area contributed by atoms with Crippen molar-refractivity contribution in [2.75, 3.05) is 11.4 Å². The fourth-order valence-corrected chi connectivity index (χ4v) is 4.50. The predicted octanol–water partition coefficient (Wildman–Crippen LogP) is 5.06. The van der Waals surface area contributed by atoms with E-state index in [0.717, 1.165) is 5.69 Å². The highest BCUT2D eigenvalue weighted by molar-refractivity contribution is 8.00. The number of thioether (sulfide) groups is 1. The zero-order chi connectivity index (χ0) is 22.7. The quantitative estimate of drug-likeness (QED) is 0.306. The number of fused-ring (bicyclic) bond motifs is 1. The Morgan fingerprint density at radius 2 is 1.69 bits per heavy atom. The Kier molecular flexibility index (Phi) is 6.37. The van der Waals surface area contributed by atoms with Crippen LogP contribution in [0, 0.1) is 5.82 Å². The fourth-order valence-electron chi connectivity index (χ4n) is 3.51. The lowest BCUT2D eigenvalue weighted by atomic mass is 10.2. The number of nitrogens with zero attached hydrogens (tertiary/aromatic N) is 3. The largest absolute Gasteiger partial charge is 0.312 e. The minimum absolute atomic E-state index is 0.0863. The average Bonchev–Trinajstić information content (AvgIpc) is 2.81. The van der Waals surface area contributed by atoms with Gasteiger partial charge in [-0.1, -0.05) is 42.1 Å². The first kappa shape index (κ1) is 21.8. The molecule has 0 saturated heterocycles. The summed E-state index contributed by atoms with van der Waals surface area (Å²) in [6.07, 6.45) is 0. The van der Waals surface area contributed by atoms with Gasteiger partial charge in [-0.25, -0.2) is 9.37 Å². The number of rotatable bonds is 6. The minimum atomic E-state index is -0.505. The van der Waals surface area contributed by atoms with Crippen molar-refractivity contribution in [2.24, 2.45) is 0 Å². The van der Waals surface area contributed by atoms with Crippen LogP contribution in [0.25, 0.3) is 16.6 Å². The van der Waals surface area contributed by atoms with E-state index in [-0.39, 0.29) is 11.5 Å². The van der Waals surface area contributed by atoms with E-state index in [2.05, 4.69) is 4.98 Å². The first-order valence-corrected chi connectivity index (χ1v) is 11.2. The van der Waals surface area contributed by atoms with Gasteiger partial charge in [0.2, 0.25) is 5.91 Å². The van der Waals surface area contributed by atoms with E-state index in [1.54, 1.807) is 30.0 Å². The number of aromatic nitrogens is 2. The number of anilines is 1. The number of amides is 1. The van der Waals surface area contributed by atoms with Gasteiger partial charge in [-0.3, -0.25) is 14.2 Å². The zero-order valence-corrected chi connectivity index (χ0v) is 18.6. The summed E-state index contributed by atoms with van der Waals surface area (Å²) in [5.41, 5.74) is 1.59. The van der Waals surface area contributed by atoms with E-state index in [1.165, 1.54) is 40.6 Å². The number of para-hydroxylation sites is 2. The first-order chi connectivity index (χ1) is 15.5. The van der Waals surface area contributed by atoms with Crippen LogP contribution in [0.1, 0.15) is 13.8 Å². The average molecular weight is 448 g/mol. The van der Waals surface area contributed by atoms with Crippen LogP contribution in [0.5, 0.6) is 0 Å². The molecule has 0 radical (unpaired) electrons. The highest BCUT2D eigenvalue weighted by atomic mass is 32.2. The van der Waals surface area contributed by atoms with Gasteiger partial charge < -0.3 is 4.90 Å². The Hall–Kier alpha value is -3.45. The van der Waals surface area contributed by atoms with Crippen LogP contribution in [0.2, 0.25) is 0 Å². The molecule has 0 aliphatic heterocycles. The summed E-state index contributed by atoms with van der Waals surface area (Å²) in [5.74, 6) is -0.480. The topological polar surface area (TPSA) is 55.2 Å².